The second-order valence-corrected chi connectivity index (χ2v) is 17.9. The van der Waals surface area contributed by atoms with Crippen molar-refractivity contribution in [1.82, 2.24) is 0 Å². The lowest BCUT2D eigenvalue weighted by Crippen LogP contribution is -2.30. The van der Waals surface area contributed by atoms with Gasteiger partial charge in [0.25, 0.3) is 0 Å². The number of ether oxygens (including phenoxy) is 3. The minimum absolute atomic E-state index is 0.0629. The summed E-state index contributed by atoms with van der Waals surface area (Å²) in [5.41, 5.74) is 0. The first-order valence-electron chi connectivity index (χ1n) is 25.4. The molecule has 0 heterocycles. The molecule has 0 bridgehead atoms. The Kier molecular flexibility index (Phi) is 44.2. The van der Waals surface area contributed by atoms with Crippen LogP contribution >= 0.6 is 0 Å². The van der Waals surface area contributed by atoms with Crippen LogP contribution in [0, 0.1) is 5.92 Å². The standard InChI is InChI=1S/C51H98O6/c1-5-7-9-11-13-15-17-18-19-23-27-30-34-38-42-49(52)55-45-48(57-51(54)44-40-36-32-26-16-14-12-10-8-6-2)46-56-50(53)43-39-35-31-28-24-21-20-22-25-29-33-37-41-47(3)4/h47-48H,5-46H2,1-4H3/t48-/m0/s1. The molecule has 1 atom stereocenters. The van der Waals surface area contributed by atoms with E-state index in [2.05, 4.69) is 27.7 Å². The van der Waals surface area contributed by atoms with Crippen LogP contribution in [0.4, 0.5) is 0 Å². The second kappa shape index (κ2) is 45.5. The van der Waals surface area contributed by atoms with E-state index in [1.807, 2.05) is 0 Å². The zero-order chi connectivity index (χ0) is 41.7. The Balaban J connectivity index is 4.27. The van der Waals surface area contributed by atoms with Gasteiger partial charge in [0.15, 0.2) is 6.10 Å². The van der Waals surface area contributed by atoms with Crippen LogP contribution < -0.4 is 0 Å². The van der Waals surface area contributed by atoms with Crippen LogP contribution in [0.15, 0.2) is 0 Å². The molecule has 0 unspecified atom stereocenters. The summed E-state index contributed by atoms with van der Waals surface area (Å²) in [6, 6.07) is 0. The molecule has 0 rings (SSSR count). The van der Waals surface area contributed by atoms with E-state index in [0.717, 1.165) is 63.7 Å². The van der Waals surface area contributed by atoms with Gasteiger partial charge in [-0.05, 0) is 25.2 Å². The van der Waals surface area contributed by atoms with E-state index in [0.29, 0.717) is 19.3 Å². The summed E-state index contributed by atoms with van der Waals surface area (Å²) >= 11 is 0. The van der Waals surface area contributed by atoms with Gasteiger partial charge in [-0.25, -0.2) is 0 Å². The van der Waals surface area contributed by atoms with Gasteiger partial charge in [-0.2, -0.15) is 0 Å². The monoisotopic (exact) mass is 807 g/mol. The van der Waals surface area contributed by atoms with Gasteiger partial charge in [-0.15, -0.1) is 0 Å². The Hall–Kier alpha value is -1.59. The van der Waals surface area contributed by atoms with Gasteiger partial charge in [0.2, 0.25) is 0 Å². The molecule has 0 aromatic carbocycles. The number of carbonyl (C=O) groups excluding carboxylic acids is 3. The molecule has 338 valence electrons. The molecule has 0 spiro atoms. The third-order valence-corrected chi connectivity index (χ3v) is 11.5. The number of hydrogen-bond acceptors (Lipinski definition) is 6. The molecule has 57 heavy (non-hydrogen) atoms. The average molecular weight is 807 g/mol. The van der Waals surface area contributed by atoms with Crippen LogP contribution in [-0.2, 0) is 28.6 Å². The fourth-order valence-electron chi connectivity index (χ4n) is 7.69. The van der Waals surface area contributed by atoms with Gasteiger partial charge in [-0.1, -0.05) is 246 Å². The minimum Gasteiger partial charge on any atom is -0.462 e. The predicted molar refractivity (Wildman–Crippen MR) is 243 cm³/mol. The molecule has 0 fully saturated rings. The highest BCUT2D eigenvalue weighted by Crippen LogP contribution is 2.17. The van der Waals surface area contributed by atoms with Crippen LogP contribution in [0.1, 0.15) is 285 Å². The molecule has 0 aliphatic carbocycles. The molecular weight excluding hydrogens is 709 g/mol. The summed E-state index contributed by atoms with van der Waals surface area (Å²) in [5, 5.41) is 0. The number of carbonyl (C=O) groups is 3. The average Bonchev–Trinajstić information content (AvgIpc) is 3.19. The second-order valence-electron chi connectivity index (χ2n) is 17.9. The fraction of sp³-hybridized carbons (Fsp3) is 0.941. The third-order valence-electron chi connectivity index (χ3n) is 11.5. The van der Waals surface area contributed by atoms with Gasteiger partial charge in [0.05, 0.1) is 0 Å². The third kappa shape index (κ3) is 45.3. The highest BCUT2D eigenvalue weighted by atomic mass is 16.6. The van der Waals surface area contributed by atoms with Crippen LogP contribution in [-0.4, -0.2) is 37.2 Å². The molecule has 0 N–H and O–H groups in total. The lowest BCUT2D eigenvalue weighted by Gasteiger charge is -2.18. The van der Waals surface area contributed by atoms with Crippen molar-refractivity contribution in [2.24, 2.45) is 5.92 Å². The first-order chi connectivity index (χ1) is 27.9. The summed E-state index contributed by atoms with van der Waals surface area (Å²) < 4.78 is 16.8. The van der Waals surface area contributed by atoms with E-state index in [1.165, 1.54) is 180 Å². The van der Waals surface area contributed by atoms with Crippen molar-refractivity contribution >= 4 is 17.9 Å². The summed E-state index contributed by atoms with van der Waals surface area (Å²) in [5.74, 6) is -0.0130. The highest BCUT2D eigenvalue weighted by molar-refractivity contribution is 5.71. The Morgan fingerprint density at radius 1 is 0.333 bits per heavy atom. The first kappa shape index (κ1) is 55.4. The first-order valence-corrected chi connectivity index (χ1v) is 25.4. The van der Waals surface area contributed by atoms with E-state index in [9.17, 15) is 14.4 Å². The molecule has 0 saturated heterocycles. The maximum Gasteiger partial charge on any atom is 0.306 e. The van der Waals surface area contributed by atoms with Crippen molar-refractivity contribution in [1.29, 1.82) is 0 Å². The molecule has 0 aromatic rings. The molecule has 6 nitrogen and oxygen atoms in total. The molecule has 0 aliphatic heterocycles. The maximum absolute atomic E-state index is 12.7. The zero-order valence-corrected chi connectivity index (χ0v) is 38.8. The smallest absolute Gasteiger partial charge is 0.306 e. The van der Waals surface area contributed by atoms with Gasteiger partial charge in [0.1, 0.15) is 13.2 Å². The Morgan fingerprint density at radius 3 is 0.860 bits per heavy atom. The topological polar surface area (TPSA) is 78.9 Å². The Morgan fingerprint density at radius 2 is 0.579 bits per heavy atom. The largest absolute Gasteiger partial charge is 0.462 e. The van der Waals surface area contributed by atoms with Crippen molar-refractivity contribution < 1.29 is 28.6 Å². The zero-order valence-electron chi connectivity index (χ0n) is 38.8. The van der Waals surface area contributed by atoms with Crippen molar-refractivity contribution in [2.75, 3.05) is 13.2 Å². The summed E-state index contributed by atoms with van der Waals surface area (Å²) in [6.45, 7) is 9.01. The lowest BCUT2D eigenvalue weighted by molar-refractivity contribution is -0.167. The quantitative estimate of drug-likeness (QED) is 0.0346. The minimum atomic E-state index is -0.759. The van der Waals surface area contributed by atoms with Gasteiger partial charge in [0, 0.05) is 19.3 Å². The van der Waals surface area contributed by atoms with Crippen LogP contribution in [0.5, 0.6) is 0 Å². The van der Waals surface area contributed by atoms with Gasteiger partial charge in [-0.3, -0.25) is 14.4 Å². The summed E-state index contributed by atoms with van der Waals surface area (Å²) in [6.07, 6.45) is 46.5. The molecule has 6 heteroatoms. The molecule has 0 saturated carbocycles. The van der Waals surface area contributed by atoms with Crippen molar-refractivity contribution in [3.8, 4) is 0 Å². The van der Waals surface area contributed by atoms with Crippen molar-refractivity contribution in [3.05, 3.63) is 0 Å². The number of hydrogen-bond donors (Lipinski definition) is 0. The van der Waals surface area contributed by atoms with Crippen molar-refractivity contribution in [2.45, 2.75) is 291 Å². The van der Waals surface area contributed by atoms with E-state index in [-0.39, 0.29) is 31.1 Å². The summed E-state index contributed by atoms with van der Waals surface area (Å²) in [4.78, 5) is 37.8. The van der Waals surface area contributed by atoms with Gasteiger partial charge < -0.3 is 14.2 Å². The van der Waals surface area contributed by atoms with Gasteiger partial charge >= 0.3 is 17.9 Å². The highest BCUT2D eigenvalue weighted by Gasteiger charge is 2.19. The molecule has 0 aliphatic rings. The number of rotatable bonds is 46. The Bertz CT molecular complexity index is 857. The van der Waals surface area contributed by atoms with E-state index >= 15 is 0 Å². The predicted octanol–water partition coefficient (Wildman–Crippen LogP) is 16.3. The SMILES string of the molecule is CCCCCCCCCCCCCCCCC(=O)OC[C@@H](COC(=O)CCCCCCCCCCCCCCC(C)C)OC(=O)CCCCCCCCCCCC. The summed E-state index contributed by atoms with van der Waals surface area (Å²) in [7, 11) is 0. The normalized spacial score (nSPS) is 11.9. The molecule has 0 amide bonds. The number of esters is 3. The van der Waals surface area contributed by atoms with Crippen LogP contribution in [0.25, 0.3) is 0 Å². The number of unbranched alkanes of at least 4 members (excludes halogenated alkanes) is 33. The lowest BCUT2D eigenvalue weighted by atomic mass is 10.0. The fourth-order valence-corrected chi connectivity index (χ4v) is 7.69. The molecule has 0 aromatic heterocycles. The Labute approximate surface area is 355 Å². The van der Waals surface area contributed by atoms with E-state index in [1.54, 1.807) is 0 Å². The molecule has 0 radical (unpaired) electrons. The van der Waals surface area contributed by atoms with E-state index < -0.39 is 6.10 Å². The van der Waals surface area contributed by atoms with Crippen molar-refractivity contribution in [3.63, 3.8) is 0 Å². The van der Waals surface area contributed by atoms with Crippen LogP contribution in [0.3, 0.4) is 0 Å². The maximum atomic E-state index is 12.7. The molecular formula is C51H98O6. The van der Waals surface area contributed by atoms with Crippen LogP contribution in [0.2, 0.25) is 0 Å². The van der Waals surface area contributed by atoms with E-state index in [4.69, 9.17) is 14.2 Å².